The number of H-pyrrole nitrogens is 1. The molecule has 0 amide bonds. The largest absolute Gasteiger partial charge is 0.425 e. The van der Waals surface area contributed by atoms with Crippen molar-refractivity contribution in [3.63, 3.8) is 0 Å². The van der Waals surface area contributed by atoms with Gasteiger partial charge in [-0.25, -0.2) is 9.59 Å². The highest BCUT2D eigenvalue weighted by molar-refractivity contribution is 5.72. The number of aromatic amines is 1. The monoisotopic (exact) mass is 288 g/mol. The van der Waals surface area contributed by atoms with Crippen molar-refractivity contribution in [2.75, 3.05) is 0 Å². The molecule has 0 bridgehead atoms. The van der Waals surface area contributed by atoms with Crippen molar-refractivity contribution in [3.05, 3.63) is 62.9 Å². The minimum Gasteiger partial charge on any atom is -0.425 e. The Morgan fingerprint density at radius 3 is 2.71 bits per heavy atom. The zero-order valence-corrected chi connectivity index (χ0v) is 11.8. The Labute approximate surface area is 121 Å². The van der Waals surface area contributed by atoms with Gasteiger partial charge in [0.25, 0.3) is 5.56 Å². The molecule has 21 heavy (non-hydrogen) atoms. The average Bonchev–Trinajstić information content (AvgIpc) is 2.42. The number of nitrogens with one attached hydrogen (secondary N) is 1. The molecule has 1 heterocycles. The maximum Gasteiger partial charge on any atom is 0.331 e. The molecule has 0 unspecified atom stereocenters. The molecule has 0 spiro atoms. The van der Waals surface area contributed by atoms with Gasteiger partial charge in [0, 0.05) is 12.3 Å². The van der Waals surface area contributed by atoms with E-state index >= 15 is 0 Å². The Morgan fingerprint density at radius 2 is 2.05 bits per heavy atom. The average molecular weight is 288 g/mol. The molecule has 6 nitrogen and oxygen atoms in total. The van der Waals surface area contributed by atoms with Gasteiger partial charge in [0.1, 0.15) is 12.3 Å². The summed E-state index contributed by atoms with van der Waals surface area (Å²) in [5.41, 5.74) is -0.0915. The summed E-state index contributed by atoms with van der Waals surface area (Å²) in [5, 5.41) is 0. The highest BCUT2D eigenvalue weighted by Gasteiger charge is 2.09. The minimum atomic E-state index is -0.643. The number of hydrogen-bond donors (Lipinski definition) is 1. The molecule has 1 aromatic heterocycles. The van der Waals surface area contributed by atoms with Crippen molar-refractivity contribution in [2.24, 2.45) is 0 Å². The molecular weight excluding hydrogens is 272 g/mol. The standard InChI is InChI=1S/C15H16N2O4/c1-10(2)11-4-3-5-12(8-11)21-14(19)9-17-7-6-13(18)16-15(17)20/h3-8,10H,9H2,1-2H3,(H,16,18,20). The van der Waals surface area contributed by atoms with Crippen LogP contribution >= 0.6 is 0 Å². The lowest BCUT2D eigenvalue weighted by Crippen LogP contribution is -2.32. The van der Waals surface area contributed by atoms with Gasteiger partial charge in [-0.1, -0.05) is 26.0 Å². The number of hydrogen-bond acceptors (Lipinski definition) is 4. The molecule has 6 heteroatoms. The number of esters is 1. The quantitative estimate of drug-likeness (QED) is 0.678. The topological polar surface area (TPSA) is 81.2 Å². The van der Waals surface area contributed by atoms with E-state index in [0.29, 0.717) is 11.7 Å². The first-order valence-corrected chi connectivity index (χ1v) is 6.56. The van der Waals surface area contributed by atoms with Crippen LogP contribution in [0.2, 0.25) is 0 Å². The molecule has 2 aromatic rings. The Bertz CT molecular complexity index is 759. The third kappa shape index (κ3) is 3.92. The van der Waals surface area contributed by atoms with Crippen LogP contribution in [0.3, 0.4) is 0 Å². The number of ether oxygens (including phenoxy) is 1. The van der Waals surface area contributed by atoms with E-state index in [0.717, 1.165) is 10.1 Å². The van der Waals surface area contributed by atoms with E-state index in [9.17, 15) is 14.4 Å². The van der Waals surface area contributed by atoms with Gasteiger partial charge in [-0.2, -0.15) is 0 Å². The van der Waals surface area contributed by atoms with Crippen LogP contribution in [0.5, 0.6) is 5.75 Å². The van der Waals surface area contributed by atoms with E-state index in [-0.39, 0.29) is 6.54 Å². The first-order chi connectivity index (χ1) is 9.95. The summed E-state index contributed by atoms with van der Waals surface area (Å²) in [4.78, 5) is 36.3. The van der Waals surface area contributed by atoms with E-state index in [4.69, 9.17) is 4.74 Å². The summed E-state index contributed by atoms with van der Waals surface area (Å²) in [6.07, 6.45) is 1.26. The molecule has 0 aliphatic carbocycles. The molecule has 0 aliphatic heterocycles. The Hall–Kier alpha value is -2.63. The molecular formula is C15H16N2O4. The number of carbonyl (C=O) groups is 1. The Kier molecular flexibility index (Phi) is 4.37. The Balaban J connectivity index is 2.10. The fraction of sp³-hybridized carbons (Fsp3) is 0.267. The summed E-state index contributed by atoms with van der Waals surface area (Å²) in [5.74, 6) is 0.180. The molecule has 0 fully saturated rings. The fourth-order valence-corrected chi connectivity index (χ4v) is 1.81. The molecule has 1 N–H and O–H groups in total. The van der Waals surface area contributed by atoms with Crippen LogP contribution in [-0.2, 0) is 11.3 Å². The lowest BCUT2D eigenvalue weighted by Gasteiger charge is -2.09. The van der Waals surface area contributed by atoms with Crippen LogP contribution in [0, 0.1) is 0 Å². The number of aromatic nitrogens is 2. The maximum absolute atomic E-state index is 11.8. The second-order valence-corrected chi connectivity index (χ2v) is 4.94. The van der Waals surface area contributed by atoms with Crippen molar-refractivity contribution < 1.29 is 9.53 Å². The SMILES string of the molecule is CC(C)c1cccc(OC(=O)Cn2ccc(=O)[nH]c2=O)c1. The predicted octanol–water partition coefficient (Wildman–Crippen LogP) is 1.27. The third-order valence-corrected chi connectivity index (χ3v) is 2.95. The van der Waals surface area contributed by atoms with Gasteiger partial charge in [0.2, 0.25) is 0 Å². The van der Waals surface area contributed by atoms with Gasteiger partial charge in [0.15, 0.2) is 0 Å². The first kappa shape index (κ1) is 14.8. The van der Waals surface area contributed by atoms with E-state index in [1.165, 1.54) is 12.3 Å². The molecule has 2 rings (SSSR count). The molecule has 1 aromatic carbocycles. The molecule has 0 aliphatic rings. The first-order valence-electron chi connectivity index (χ1n) is 6.56. The number of carbonyl (C=O) groups excluding carboxylic acids is 1. The molecule has 0 radical (unpaired) electrons. The van der Waals surface area contributed by atoms with Crippen LogP contribution in [0.1, 0.15) is 25.3 Å². The van der Waals surface area contributed by atoms with Crippen molar-refractivity contribution in [2.45, 2.75) is 26.3 Å². The molecule has 0 saturated carbocycles. The zero-order valence-electron chi connectivity index (χ0n) is 11.8. The lowest BCUT2D eigenvalue weighted by molar-refractivity contribution is -0.135. The van der Waals surface area contributed by atoms with Gasteiger partial charge >= 0.3 is 11.7 Å². The highest BCUT2D eigenvalue weighted by atomic mass is 16.5. The normalized spacial score (nSPS) is 10.6. The number of benzene rings is 1. The van der Waals surface area contributed by atoms with E-state index in [1.807, 2.05) is 26.0 Å². The van der Waals surface area contributed by atoms with Crippen LogP contribution in [0.15, 0.2) is 46.1 Å². The van der Waals surface area contributed by atoms with E-state index in [2.05, 4.69) is 4.98 Å². The van der Waals surface area contributed by atoms with Crippen molar-refractivity contribution in [1.82, 2.24) is 9.55 Å². The molecule has 0 saturated heterocycles. The van der Waals surface area contributed by atoms with Crippen LogP contribution in [0.4, 0.5) is 0 Å². The van der Waals surface area contributed by atoms with Gasteiger partial charge in [-0.3, -0.25) is 14.3 Å². The van der Waals surface area contributed by atoms with Crippen LogP contribution in [0.25, 0.3) is 0 Å². The second kappa shape index (κ2) is 6.21. The summed E-state index contributed by atoms with van der Waals surface area (Å²) in [6.45, 7) is 3.82. The third-order valence-electron chi connectivity index (χ3n) is 2.95. The van der Waals surface area contributed by atoms with Crippen LogP contribution in [-0.4, -0.2) is 15.5 Å². The molecule has 110 valence electrons. The summed E-state index contributed by atoms with van der Waals surface area (Å²) in [7, 11) is 0. The molecule has 0 atom stereocenters. The smallest absolute Gasteiger partial charge is 0.331 e. The summed E-state index contributed by atoms with van der Waals surface area (Å²) in [6, 6.07) is 8.41. The van der Waals surface area contributed by atoms with Gasteiger partial charge < -0.3 is 4.74 Å². The van der Waals surface area contributed by atoms with Crippen molar-refractivity contribution in [1.29, 1.82) is 0 Å². The van der Waals surface area contributed by atoms with Gasteiger partial charge in [-0.05, 0) is 23.6 Å². The minimum absolute atomic E-state index is 0.262. The van der Waals surface area contributed by atoms with Crippen LogP contribution < -0.4 is 16.0 Å². The Morgan fingerprint density at radius 1 is 1.29 bits per heavy atom. The predicted molar refractivity (Wildman–Crippen MR) is 77.5 cm³/mol. The second-order valence-electron chi connectivity index (χ2n) is 4.94. The summed E-state index contributed by atoms with van der Waals surface area (Å²) < 4.78 is 6.28. The summed E-state index contributed by atoms with van der Waals surface area (Å²) >= 11 is 0. The zero-order chi connectivity index (χ0) is 15.4. The van der Waals surface area contributed by atoms with Crippen molar-refractivity contribution >= 4 is 5.97 Å². The highest BCUT2D eigenvalue weighted by Crippen LogP contribution is 2.20. The number of rotatable bonds is 4. The van der Waals surface area contributed by atoms with Crippen molar-refractivity contribution in [3.8, 4) is 5.75 Å². The van der Waals surface area contributed by atoms with Gasteiger partial charge in [0.05, 0.1) is 0 Å². The van der Waals surface area contributed by atoms with E-state index < -0.39 is 17.2 Å². The number of nitrogens with zero attached hydrogens (tertiary/aromatic N) is 1. The van der Waals surface area contributed by atoms with Gasteiger partial charge in [-0.15, -0.1) is 0 Å². The fourth-order valence-electron chi connectivity index (χ4n) is 1.81. The maximum atomic E-state index is 11.8. The lowest BCUT2D eigenvalue weighted by atomic mass is 10.0. The van der Waals surface area contributed by atoms with E-state index in [1.54, 1.807) is 12.1 Å².